The summed E-state index contributed by atoms with van der Waals surface area (Å²) in [5.41, 5.74) is 0. The van der Waals surface area contributed by atoms with E-state index in [0.717, 1.165) is 8.95 Å². The van der Waals surface area contributed by atoms with Crippen LogP contribution in [0.4, 0.5) is 0 Å². The molecule has 0 atom stereocenters. The molecule has 4 nitrogen and oxygen atoms in total. The maximum absolute atomic E-state index is 11.4. The molecule has 0 spiro atoms. The normalized spacial score (nSPS) is 11.1. The Morgan fingerprint density at radius 3 is 2.30 bits per heavy atom. The summed E-state index contributed by atoms with van der Waals surface area (Å²) in [6.07, 6.45) is 1.30. The van der Waals surface area contributed by atoms with E-state index in [-0.39, 0.29) is 6.61 Å². The van der Waals surface area contributed by atoms with Crippen LogP contribution in [0.2, 0.25) is 0 Å². The first-order chi connectivity index (χ1) is 9.58. The Morgan fingerprint density at radius 1 is 1.15 bits per heavy atom. The first-order valence-corrected chi connectivity index (χ1v) is 7.74. The summed E-state index contributed by atoms with van der Waals surface area (Å²) in [6, 6.07) is 5.63. The second-order valence-corrected chi connectivity index (χ2v) is 5.34. The summed E-state index contributed by atoms with van der Waals surface area (Å²) in [5, 5.41) is 0. The van der Waals surface area contributed by atoms with Crippen molar-refractivity contribution in [2.75, 3.05) is 19.8 Å². The molecular weight excluding hydrogens is 392 g/mol. The average Bonchev–Trinajstić information content (AvgIpc) is 2.38. The van der Waals surface area contributed by atoms with Gasteiger partial charge in [-0.1, -0.05) is 6.07 Å². The Balaban J connectivity index is 2.74. The molecule has 0 aliphatic heterocycles. The molecule has 6 heteroatoms. The van der Waals surface area contributed by atoms with Crippen molar-refractivity contribution in [3.63, 3.8) is 0 Å². The monoisotopic (exact) mass is 406 g/mol. The van der Waals surface area contributed by atoms with E-state index < -0.39 is 5.97 Å². The van der Waals surface area contributed by atoms with Crippen LogP contribution in [0.5, 0.6) is 5.75 Å². The zero-order valence-corrected chi connectivity index (χ0v) is 14.5. The lowest BCUT2D eigenvalue weighted by molar-refractivity contribution is -0.137. The van der Waals surface area contributed by atoms with Crippen LogP contribution in [0.1, 0.15) is 13.8 Å². The molecule has 110 valence electrons. The molecule has 0 aromatic heterocycles. The lowest BCUT2D eigenvalue weighted by atomic mass is 10.3. The van der Waals surface area contributed by atoms with E-state index in [9.17, 15) is 4.79 Å². The van der Waals surface area contributed by atoms with Crippen molar-refractivity contribution in [2.45, 2.75) is 13.8 Å². The Morgan fingerprint density at radius 2 is 1.75 bits per heavy atom. The number of ether oxygens (including phenoxy) is 3. The van der Waals surface area contributed by atoms with Crippen molar-refractivity contribution >= 4 is 37.8 Å². The fourth-order valence-corrected chi connectivity index (χ4v) is 2.62. The Kier molecular flexibility index (Phi) is 7.69. The standard InChI is InChI=1S/C14H16Br2O4/c1-3-18-10(8-13(17)19-4-2)9-20-14-11(15)6-5-7-12(14)16/h5-8H,3-4,9H2,1-2H3/b10-8+. The van der Waals surface area contributed by atoms with Gasteiger partial charge in [-0.3, -0.25) is 0 Å². The molecule has 0 saturated carbocycles. The molecule has 0 radical (unpaired) electrons. The highest BCUT2D eigenvalue weighted by Gasteiger charge is 2.09. The quantitative estimate of drug-likeness (QED) is 0.388. The van der Waals surface area contributed by atoms with Crippen LogP contribution in [0, 0.1) is 0 Å². The molecule has 0 unspecified atom stereocenters. The van der Waals surface area contributed by atoms with Gasteiger partial charge in [0.25, 0.3) is 0 Å². The summed E-state index contributed by atoms with van der Waals surface area (Å²) in [5.74, 6) is 0.640. The lowest BCUT2D eigenvalue weighted by Crippen LogP contribution is -2.09. The van der Waals surface area contributed by atoms with E-state index in [2.05, 4.69) is 31.9 Å². The smallest absolute Gasteiger partial charge is 0.334 e. The Labute approximate surface area is 135 Å². The Bertz CT molecular complexity index is 466. The molecule has 0 N–H and O–H groups in total. The highest BCUT2D eigenvalue weighted by molar-refractivity contribution is 9.11. The number of benzene rings is 1. The van der Waals surface area contributed by atoms with Crippen molar-refractivity contribution in [3.05, 3.63) is 39.0 Å². The van der Waals surface area contributed by atoms with Gasteiger partial charge in [-0.15, -0.1) is 0 Å². The molecule has 0 aliphatic carbocycles. The van der Waals surface area contributed by atoms with Gasteiger partial charge in [-0.05, 0) is 57.8 Å². The lowest BCUT2D eigenvalue weighted by Gasteiger charge is -2.13. The van der Waals surface area contributed by atoms with Gasteiger partial charge in [-0.2, -0.15) is 0 Å². The third-order valence-electron chi connectivity index (χ3n) is 2.17. The van der Waals surface area contributed by atoms with Crippen LogP contribution < -0.4 is 4.74 Å². The molecule has 0 heterocycles. The molecule has 0 fully saturated rings. The SMILES string of the molecule is CCOC(=O)/C=C(\COc1c(Br)cccc1Br)OCC. The predicted octanol–water partition coefficient (Wildman–Crippen LogP) is 4.07. The summed E-state index contributed by atoms with van der Waals surface area (Å²) >= 11 is 6.81. The van der Waals surface area contributed by atoms with Crippen LogP contribution in [-0.2, 0) is 14.3 Å². The van der Waals surface area contributed by atoms with Crippen molar-refractivity contribution in [2.24, 2.45) is 0 Å². The third kappa shape index (κ3) is 5.54. The molecule has 0 amide bonds. The van der Waals surface area contributed by atoms with Gasteiger partial charge >= 0.3 is 5.97 Å². The first-order valence-electron chi connectivity index (χ1n) is 6.15. The van der Waals surface area contributed by atoms with Gasteiger partial charge in [0, 0.05) is 0 Å². The molecule has 0 saturated heterocycles. The molecule has 1 aromatic rings. The van der Waals surface area contributed by atoms with E-state index in [1.165, 1.54) is 6.08 Å². The van der Waals surface area contributed by atoms with Crippen LogP contribution in [-0.4, -0.2) is 25.8 Å². The van der Waals surface area contributed by atoms with Gasteiger partial charge in [-0.25, -0.2) is 4.79 Å². The fourth-order valence-electron chi connectivity index (χ4n) is 1.39. The summed E-state index contributed by atoms with van der Waals surface area (Å²) in [6.45, 7) is 4.51. The maximum atomic E-state index is 11.4. The molecule has 1 rings (SSSR count). The second kappa shape index (κ2) is 9.02. The largest absolute Gasteiger partial charge is 0.494 e. The minimum atomic E-state index is -0.439. The van der Waals surface area contributed by atoms with Crippen molar-refractivity contribution in [1.29, 1.82) is 0 Å². The molecule has 0 bridgehead atoms. The fraction of sp³-hybridized carbons (Fsp3) is 0.357. The summed E-state index contributed by atoms with van der Waals surface area (Å²) < 4.78 is 17.5. The number of rotatable bonds is 7. The highest BCUT2D eigenvalue weighted by atomic mass is 79.9. The molecule has 1 aromatic carbocycles. The van der Waals surface area contributed by atoms with Gasteiger partial charge in [0.05, 0.1) is 28.2 Å². The predicted molar refractivity (Wildman–Crippen MR) is 83.7 cm³/mol. The number of carbonyl (C=O) groups is 1. The van der Waals surface area contributed by atoms with E-state index >= 15 is 0 Å². The van der Waals surface area contributed by atoms with Crippen LogP contribution in [0.3, 0.4) is 0 Å². The minimum Gasteiger partial charge on any atom is -0.494 e. The minimum absolute atomic E-state index is 0.147. The zero-order valence-electron chi connectivity index (χ0n) is 11.3. The summed E-state index contributed by atoms with van der Waals surface area (Å²) in [4.78, 5) is 11.4. The third-order valence-corrected chi connectivity index (χ3v) is 3.42. The van der Waals surface area contributed by atoms with E-state index in [1.54, 1.807) is 6.92 Å². The van der Waals surface area contributed by atoms with Crippen molar-refractivity contribution < 1.29 is 19.0 Å². The zero-order chi connectivity index (χ0) is 15.0. The number of para-hydroxylation sites is 1. The van der Waals surface area contributed by atoms with E-state index in [1.807, 2.05) is 25.1 Å². The molecular formula is C14H16Br2O4. The first kappa shape index (κ1) is 17.0. The topological polar surface area (TPSA) is 44.8 Å². The number of halogens is 2. The summed E-state index contributed by atoms with van der Waals surface area (Å²) in [7, 11) is 0. The van der Waals surface area contributed by atoms with Gasteiger partial charge in [0.1, 0.15) is 18.1 Å². The van der Waals surface area contributed by atoms with Crippen LogP contribution in [0.25, 0.3) is 0 Å². The maximum Gasteiger partial charge on any atom is 0.334 e. The number of esters is 1. The van der Waals surface area contributed by atoms with Crippen LogP contribution >= 0.6 is 31.9 Å². The molecule has 0 aliphatic rings. The van der Waals surface area contributed by atoms with E-state index in [0.29, 0.717) is 24.7 Å². The van der Waals surface area contributed by atoms with Gasteiger partial charge < -0.3 is 14.2 Å². The second-order valence-electron chi connectivity index (χ2n) is 3.64. The van der Waals surface area contributed by atoms with E-state index in [4.69, 9.17) is 14.2 Å². The Hall–Kier alpha value is -1.01. The molecule has 20 heavy (non-hydrogen) atoms. The van der Waals surface area contributed by atoms with Crippen LogP contribution in [0.15, 0.2) is 39.0 Å². The van der Waals surface area contributed by atoms with Gasteiger partial charge in [0.15, 0.2) is 0 Å². The van der Waals surface area contributed by atoms with Crippen molar-refractivity contribution in [1.82, 2.24) is 0 Å². The number of hydrogen-bond acceptors (Lipinski definition) is 4. The number of carbonyl (C=O) groups excluding carboxylic acids is 1. The van der Waals surface area contributed by atoms with Gasteiger partial charge in [0.2, 0.25) is 0 Å². The average molecular weight is 408 g/mol. The highest BCUT2D eigenvalue weighted by Crippen LogP contribution is 2.33. The van der Waals surface area contributed by atoms with Crippen molar-refractivity contribution in [3.8, 4) is 5.75 Å². The number of hydrogen-bond donors (Lipinski definition) is 0.